The van der Waals surface area contributed by atoms with E-state index in [1.54, 1.807) is 38.1 Å². The summed E-state index contributed by atoms with van der Waals surface area (Å²) in [6.07, 6.45) is 0. The zero-order valence-corrected chi connectivity index (χ0v) is 12.1. The van der Waals surface area contributed by atoms with Crippen LogP contribution in [0.25, 0.3) is 0 Å². The van der Waals surface area contributed by atoms with E-state index in [1.165, 1.54) is 0 Å². The summed E-state index contributed by atoms with van der Waals surface area (Å²) < 4.78 is 0. The Bertz CT molecular complexity index is 457. The van der Waals surface area contributed by atoms with E-state index >= 15 is 0 Å². The van der Waals surface area contributed by atoms with Crippen LogP contribution in [-0.2, 0) is 9.59 Å². The summed E-state index contributed by atoms with van der Waals surface area (Å²) in [5, 5.41) is 15.0. The number of carbonyl (C=O) groups excluding carboxylic acids is 1. The van der Waals surface area contributed by atoms with Crippen LogP contribution < -0.4 is 10.6 Å². The number of hydrogen-bond donors (Lipinski definition) is 3. The van der Waals surface area contributed by atoms with Crippen LogP contribution in [0, 0.1) is 0 Å². The van der Waals surface area contributed by atoms with E-state index < -0.39 is 17.4 Å². The molecule has 0 saturated heterocycles. The van der Waals surface area contributed by atoms with Crippen molar-refractivity contribution in [3.8, 4) is 0 Å². The van der Waals surface area contributed by atoms with Gasteiger partial charge in [0.1, 0.15) is 0 Å². The first-order chi connectivity index (χ1) is 9.38. The summed E-state index contributed by atoms with van der Waals surface area (Å²) in [7, 11) is 0. The second-order valence-electron chi connectivity index (χ2n) is 5.17. The van der Waals surface area contributed by atoms with Crippen molar-refractivity contribution in [3.05, 3.63) is 35.9 Å². The summed E-state index contributed by atoms with van der Waals surface area (Å²) in [5.74, 6) is -1.89. The van der Waals surface area contributed by atoms with Gasteiger partial charge in [-0.05, 0) is 26.0 Å². The third-order valence-electron chi connectivity index (χ3n) is 3.15. The molecule has 1 unspecified atom stereocenters. The highest BCUT2D eigenvalue weighted by atomic mass is 16.4. The second-order valence-corrected chi connectivity index (χ2v) is 5.17. The fraction of sp³-hybridized carbons (Fsp3) is 0.467. The van der Waals surface area contributed by atoms with Crippen molar-refractivity contribution in [1.29, 1.82) is 0 Å². The Morgan fingerprint density at radius 3 is 2.35 bits per heavy atom. The molecule has 1 aromatic rings. The molecule has 110 valence electrons. The molecule has 0 radical (unpaired) electrons. The van der Waals surface area contributed by atoms with Crippen molar-refractivity contribution in [3.63, 3.8) is 0 Å². The number of carbonyl (C=O) groups is 2. The molecule has 20 heavy (non-hydrogen) atoms. The Kier molecular flexibility index (Phi) is 5.70. The van der Waals surface area contributed by atoms with E-state index in [1.807, 2.05) is 13.0 Å². The van der Waals surface area contributed by atoms with E-state index in [0.29, 0.717) is 12.1 Å². The van der Waals surface area contributed by atoms with E-state index in [0.717, 1.165) is 0 Å². The topological polar surface area (TPSA) is 78.4 Å². The lowest BCUT2D eigenvalue weighted by Crippen LogP contribution is -2.53. The zero-order chi connectivity index (χ0) is 15.2. The maximum absolute atomic E-state index is 12.0. The zero-order valence-electron chi connectivity index (χ0n) is 12.1. The summed E-state index contributed by atoms with van der Waals surface area (Å²) >= 11 is 0. The highest BCUT2D eigenvalue weighted by Crippen LogP contribution is 2.15. The Morgan fingerprint density at radius 1 is 1.25 bits per heavy atom. The molecule has 1 aromatic carbocycles. The van der Waals surface area contributed by atoms with Crippen LogP contribution in [0.1, 0.15) is 32.3 Å². The number of nitrogens with one attached hydrogen (secondary N) is 2. The van der Waals surface area contributed by atoms with Gasteiger partial charge < -0.3 is 15.7 Å². The van der Waals surface area contributed by atoms with Gasteiger partial charge in [0, 0.05) is 6.54 Å². The number of aliphatic carboxylic acids is 1. The molecule has 0 saturated carbocycles. The van der Waals surface area contributed by atoms with Gasteiger partial charge in [-0.2, -0.15) is 0 Å². The molecule has 0 spiro atoms. The third-order valence-corrected chi connectivity index (χ3v) is 3.15. The van der Waals surface area contributed by atoms with Crippen LogP contribution in [0.3, 0.4) is 0 Å². The number of rotatable bonds is 7. The van der Waals surface area contributed by atoms with Crippen LogP contribution in [-0.4, -0.2) is 35.6 Å². The number of hydrogen-bond acceptors (Lipinski definition) is 3. The lowest BCUT2D eigenvalue weighted by Gasteiger charge is -2.25. The number of carboxylic acids is 1. The van der Waals surface area contributed by atoms with Crippen LogP contribution in [0.4, 0.5) is 0 Å². The molecule has 0 bridgehead atoms. The van der Waals surface area contributed by atoms with Crippen molar-refractivity contribution >= 4 is 11.9 Å². The molecule has 0 heterocycles. The number of carboxylic acid groups (broad SMARTS) is 1. The molecule has 5 heteroatoms. The van der Waals surface area contributed by atoms with Crippen molar-refractivity contribution < 1.29 is 14.7 Å². The van der Waals surface area contributed by atoms with Gasteiger partial charge in [-0.15, -0.1) is 0 Å². The molecule has 0 aliphatic carbocycles. The molecule has 0 aromatic heterocycles. The number of likely N-dealkylation sites (N-methyl/N-ethyl adjacent to an activating group) is 1. The van der Waals surface area contributed by atoms with E-state index in [-0.39, 0.29) is 12.5 Å². The molecule has 0 aliphatic heterocycles. The average Bonchev–Trinajstić information content (AvgIpc) is 2.39. The first-order valence-corrected chi connectivity index (χ1v) is 6.69. The third kappa shape index (κ3) is 4.35. The van der Waals surface area contributed by atoms with Gasteiger partial charge in [-0.1, -0.05) is 37.3 Å². The van der Waals surface area contributed by atoms with Gasteiger partial charge in [0.15, 0.2) is 0 Å². The molecule has 0 aliphatic rings. The van der Waals surface area contributed by atoms with Crippen molar-refractivity contribution in [1.82, 2.24) is 10.6 Å². The molecule has 0 fully saturated rings. The molecule has 5 nitrogen and oxygen atoms in total. The fourth-order valence-corrected chi connectivity index (χ4v) is 1.97. The predicted octanol–water partition coefficient (Wildman–Crippen LogP) is 1.36. The standard InChI is InChI=1S/C15H22N2O3/c1-4-17-15(2,3)14(20)16-10-12(13(18)19)11-8-6-5-7-9-11/h5-9,12,17H,4,10H2,1-3H3,(H,16,20)(H,18,19). The maximum atomic E-state index is 12.0. The number of amides is 1. The molecule has 3 N–H and O–H groups in total. The first kappa shape index (κ1) is 16.2. The number of benzene rings is 1. The lowest BCUT2D eigenvalue weighted by molar-refractivity contribution is -0.138. The van der Waals surface area contributed by atoms with E-state index in [4.69, 9.17) is 0 Å². The summed E-state index contributed by atoms with van der Waals surface area (Å²) in [4.78, 5) is 23.4. The van der Waals surface area contributed by atoms with Crippen LogP contribution in [0.5, 0.6) is 0 Å². The minimum absolute atomic E-state index is 0.0764. The minimum Gasteiger partial charge on any atom is -0.481 e. The van der Waals surface area contributed by atoms with Crippen LogP contribution in [0.15, 0.2) is 30.3 Å². The van der Waals surface area contributed by atoms with Gasteiger partial charge >= 0.3 is 5.97 Å². The molecule has 1 amide bonds. The Hall–Kier alpha value is -1.88. The largest absolute Gasteiger partial charge is 0.481 e. The maximum Gasteiger partial charge on any atom is 0.312 e. The van der Waals surface area contributed by atoms with Gasteiger partial charge in [0.2, 0.25) is 5.91 Å². The summed E-state index contributed by atoms with van der Waals surface area (Å²) in [6, 6.07) is 8.90. The second kappa shape index (κ2) is 7.05. The van der Waals surface area contributed by atoms with E-state index in [2.05, 4.69) is 10.6 Å². The normalized spacial score (nSPS) is 12.8. The van der Waals surface area contributed by atoms with Crippen LogP contribution >= 0.6 is 0 Å². The van der Waals surface area contributed by atoms with Gasteiger partial charge in [-0.3, -0.25) is 9.59 Å². The fourth-order valence-electron chi connectivity index (χ4n) is 1.97. The Balaban J connectivity index is 2.70. The lowest BCUT2D eigenvalue weighted by atomic mass is 9.98. The van der Waals surface area contributed by atoms with Gasteiger partial charge in [-0.25, -0.2) is 0 Å². The molecular formula is C15H22N2O3. The molecule has 1 atom stereocenters. The SMILES string of the molecule is CCNC(C)(C)C(=O)NCC(C(=O)O)c1ccccc1. The highest BCUT2D eigenvalue weighted by molar-refractivity contribution is 5.86. The smallest absolute Gasteiger partial charge is 0.312 e. The molecule has 1 rings (SSSR count). The first-order valence-electron chi connectivity index (χ1n) is 6.69. The van der Waals surface area contributed by atoms with Crippen molar-refractivity contribution in [2.75, 3.05) is 13.1 Å². The minimum atomic E-state index is -0.947. The van der Waals surface area contributed by atoms with Crippen molar-refractivity contribution in [2.45, 2.75) is 32.2 Å². The summed E-state index contributed by atoms with van der Waals surface area (Å²) in [5.41, 5.74) is -0.0318. The summed E-state index contributed by atoms with van der Waals surface area (Å²) in [6.45, 7) is 6.20. The Labute approximate surface area is 119 Å². The van der Waals surface area contributed by atoms with E-state index in [9.17, 15) is 14.7 Å². The van der Waals surface area contributed by atoms with Gasteiger partial charge in [0.05, 0.1) is 11.5 Å². The van der Waals surface area contributed by atoms with Crippen LogP contribution in [0.2, 0.25) is 0 Å². The predicted molar refractivity (Wildman–Crippen MR) is 77.6 cm³/mol. The monoisotopic (exact) mass is 278 g/mol. The highest BCUT2D eigenvalue weighted by Gasteiger charge is 2.28. The Morgan fingerprint density at radius 2 is 1.85 bits per heavy atom. The van der Waals surface area contributed by atoms with Crippen molar-refractivity contribution in [2.24, 2.45) is 0 Å². The average molecular weight is 278 g/mol. The molecular weight excluding hydrogens is 256 g/mol. The van der Waals surface area contributed by atoms with Gasteiger partial charge in [0.25, 0.3) is 0 Å². The quantitative estimate of drug-likeness (QED) is 0.703.